The number of amides is 2. The minimum absolute atomic E-state index is 0.00271. The average molecular weight is 389 g/mol. The van der Waals surface area contributed by atoms with Gasteiger partial charge in [-0.25, -0.2) is 8.42 Å². The van der Waals surface area contributed by atoms with Gasteiger partial charge in [-0.15, -0.1) is 0 Å². The van der Waals surface area contributed by atoms with Gasteiger partial charge in [-0.1, -0.05) is 6.07 Å². The topological polar surface area (TPSA) is 105 Å². The molecule has 0 radical (unpaired) electrons. The molecule has 0 aliphatic carbocycles. The second-order valence-corrected chi connectivity index (χ2v) is 7.70. The summed E-state index contributed by atoms with van der Waals surface area (Å²) in [5, 5.41) is 2.60. The Morgan fingerprint density at radius 2 is 1.81 bits per heavy atom. The lowest BCUT2D eigenvalue weighted by Crippen LogP contribution is -2.36. The molecule has 0 atom stereocenters. The summed E-state index contributed by atoms with van der Waals surface area (Å²) in [7, 11) is -3.90. The third-order valence-electron chi connectivity index (χ3n) is 3.92. The first-order chi connectivity index (χ1) is 12.8. The Kier molecular flexibility index (Phi) is 5.04. The minimum Gasteiger partial charge on any atom is -0.490 e. The van der Waals surface area contributed by atoms with Crippen molar-refractivity contribution < 1.29 is 22.7 Å². The van der Waals surface area contributed by atoms with Gasteiger partial charge in [-0.05, 0) is 36.4 Å². The highest BCUT2D eigenvalue weighted by atomic mass is 32.2. The van der Waals surface area contributed by atoms with Crippen molar-refractivity contribution in [2.45, 2.75) is 18.7 Å². The number of sulfonamides is 1. The van der Waals surface area contributed by atoms with Crippen LogP contribution in [0.3, 0.4) is 0 Å². The van der Waals surface area contributed by atoms with Gasteiger partial charge in [0.2, 0.25) is 11.8 Å². The summed E-state index contributed by atoms with van der Waals surface area (Å²) >= 11 is 0. The number of ether oxygens (including phenoxy) is 1. The van der Waals surface area contributed by atoms with Crippen molar-refractivity contribution in [3.63, 3.8) is 0 Å². The molecule has 0 unspecified atom stereocenters. The Balaban J connectivity index is 1.91. The van der Waals surface area contributed by atoms with Crippen molar-refractivity contribution in [1.29, 1.82) is 0 Å². The van der Waals surface area contributed by atoms with Crippen LogP contribution in [0.2, 0.25) is 0 Å². The van der Waals surface area contributed by atoms with Crippen molar-refractivity contribution in [3.05, 3.63) is 42.5 Å². The predicted molar refractivity (Wildman–Crippen MR) is 102 cm³/mol. The first kappa shape index (κ1) is 18.7. The van der Waals surface area contributed by atoms with E-state index in [0.29, 0.717) is 36.0 Å². The van der Waals surface area contributed by atoms with Gasteiger partial charge in [0.1, 0.15) is 12.4 Å². The Hall–Kier alpha value is -3.07. The third-order valence-corrected chi connectivity index (χ3v) is 5.30. The molecule has 3 rings (SSSR count). The number of hydrogen-bond donors (Lipinski definition) is 2. The molecule has 2 N–H and O–H groups in total. The van der Waals surface area contributed by atoms with Crippen LogP contribution in [0.15, 0.2) is 47.4 Å². The van der Waals surface area contributed by atoms with Crippen molar-refractivity contribution in [2.75, 3.05) is 28.1 Å². The Morgan fingerprint density at radius 3 is 2.52 bits per heavy atom. The quantitative estimate of drug-likeness (QED) is 0.834. The molecule has 1 heterocycles. The molecule has 2 aromatic rings. The number of rotatable bonds is 4. The molecule has 1 aliphatic rings. The first-order valence-corrected chi connectivity index (χ1v) is 9.70. The van der Waals surface area contributed by atoms with Gasteiger partial charge in [0.25, 0.3) is 10.0 Å². The molecular formula is C18H19N3O5S. The van der Waals surface area contributed by atoms with E-state index in [4.69, 9.17) is 4.74 Å². The van der Waals surface area contributed by atoms with Gasteiger partial charge in [-0.2, -0.15) is 0 Å². The molecule has 0 saturated heterocycles. The summed E-state index contributed by atoms with van der Waals surface area (Å²) in [6, 6.07) is 10.7. The van der Waals surface area contributed by atoms with Crippen LogP contribution >= 0.6 is 0 Å². The van der Waals surface area contributed by atoms with Crippen LogP contribution in [0.25, 0.3) is 0 Å². The van der Waals surface area contributed by atoms with Crippen LogP contribution in [-0.4, -0.2) is 33.4 Å². The largest absolute Gasteiger partial charge is 0.490 e. The summed E-state index contributed by atoms with van der Waals surface area (Å²) < 4.78 is 33.5. The van der Waals surface area contributed by atoms with Gasteiger partial charge in [0, 0.05) is 19.5 Å². The lowest BCUT2D eigenvalue weighted by Gasteiger charge is -2.29. The zero-order valence-electron chi connectivity index (χ0n) is 14.9. The number of carbonyl (C=O) groups excluding carboxylic acids is 2. The molecule has 0 aromatic heterocycles. The maximum atomic E-state index is 12.8. The third kappa shape index (κ3) is 4.20. The number of nitrogens with one attached hydrogen (secondary N) is 2. The van der Waals surface area contributed by atoms with Gasteiger partial charge >= 0.3 is 0 Å². The van der Waals surface area contributed by atoms with Crippen LogP contribution in [0.4, 0.5) is 17.1 Å². The molecule has 2 amide bonds. The fourth-order valence-electron chi connectivity index (χ4n) is 2.77. The second-order valence-electron chi connectivity index (χ2n) is 6.02. The van der Waals surface area contributed by atoms with Crippen LogP contribution in [0.5, 0.6) is 5.75 Å². The normalized spacial score (nSPS) is 13.3. The average Bonchev–Trinajstić information content (AvgIpc) is 2.60. The van der Waals surface area contributed by atoms with Crippen LogP contribution in [0.1, 0.15) is 13.8 Å². The molecule has 8 nitrogen and oxygen atoms in total. The van der Waals surface area contributed by atoms with Crippen molar-refractivity contribution in [2.24, 2.45) is 0 Å². The Morgan fingerprint density at radius 1 is 1.07 bits per heavy atom. The number of benzene rings is 2. The van der Waals surface area contributed by atoms with E-state index in [1.807, 2.05) is 0 Å². The lowest BCUT2D eigenvalue weighted by atomic mass is 10.2. The van der Waals surface area contributed by atoms with Gasteiger partial charge < -0.3 is 15.0 Å². The van der Waals surface area contributed by atoms with Crippen molar-refractivity contribution in [3.8, 4) is 5.75 Å². The number of nitrogens with zero attached hydrogens (tertiary/aromatic N) is 1. The molecule has 0 saturated carbocycles. The summed E-state index contributed by atoms with van der Waals surface area (Å²) in [4.78, 5) is 24.5. The van der Waals surface area contributed by atoms with E-state index in [1.54, 1.807) is 18.2 Å². The number of anilines is 3. The summed E-state index contributed by atoms with van der Waals surface area (Å²) in [6.45, 7) is 3.50. The molecule has 27 heavy (non-hydrogen) atoms. The highest BCUT2D eigenvalue weighted by molar-refractivity contribution is 7.92. The SMILES string of the molecule is CC(=O)Nc1cccc(NS(=O)(=O)c2ccc3c(c2)N(C(C)=O)CCO3)c1. The first-order valence-electron chi connectivity index (χ1n) is 8.22. The number of carbonyl (C=O) groups is 2. The molecule has 2 aromatic carbocycles. The summed E-state index contributed by atoms with van der Waals surface area (Å²) in [6.07, 6.45) is 0. The van der Waals surface area contributed by atoms with Crippen LogP contribution < -0.4 is 19.7 Å². The van der Waals surface area contributed by atoms with Gasteiger partial charge in [0.15, 0.2) is 0 Å². The lowest BCUT2D eigenvalue weighted by molar-refractivity contribution is -0.117. The number of hydrogen-bond acceptors (Lipinski definition) is 5. The van der Waals surface area contributed by atoms with E-state index in [0.717, 1.165) is 0 Å². The predicted octanol–water partition coefficient (Wildman–Crippen LogP) is 2.19. The van der Waals surface area contributed by atoms with E-state index in [9.17, 15) is 18.0 Å². The second kappa shape index (κ2) is 7.28. The van der Waals surface area contributed by atoms with E-state index in [1.165, 1.54) is 43.0 Å². The molecule has 142 valence electrons. The standard InChI is InChI=1S/C18H19N3O5S/c1-12(22)19-14-4-3-5-15(10-14)20-27(24,25)16-6-7-18-17(11-16)21(13(2)23)8-9-26-18/h3-7,10-11,20H,8-9H2,1-2H3,(H,19,22). The fourth-order valence-corrected chi connectivity index (χ4v) is 3.84. The monoisotopic (exact) mass is 389 g/mol. The van der Waals surface area contributed by atoms with E-state index in [2.05, 4.69) is 10.0 Å². The van der Waals surface area contributed by atoms with Gasteiger partial charge in [0.05, 0.1) is 22.8 Å². The van der Waals surface area contributed by atoms with Crippen LogP contribution in [-0.2, 0) is 19.6 Å². The van der Waals surface area contributed by atoms with Gasteiger partial charge in [-0.3, -0.25) is 14.3 Å². The van der Waals surface area contributed by atoms with Crippen LogP contribution in [0, 0.1) is 0 Å². The maximum Gasteiger partial charge on any atom is 0.261 e. The van der Waals surface area contributed by atoms with Crippen molar-refractivity contribution >= 4 is 38.9 Å². The highest BCUT2D eigenvalue weighted by Crippen LogP contribution is 2.34. The molecule has 1 aliphatic heterocycles. The Labute approximate surface area is 157 Å². The van der Waals surface area contributed by atoms with E-state index in [-0.39, 0.29) is 16.7 Å². The van der Waals surface area contributed by atoms with E-state index < -0.39 is 10.0 Å². The highest BCUT2D eigenvalue weighted by Gasteiger charge is 2.24. The summed E-state index contributed by atoms with van der Waals surface area (Å²) in [5.74, 6) is 0.0159. The smallest absolute Gasteiger partial charge is 0.261 e. The minimum atomic E-state index is -3.90. The zero-order valence-corrected chi connectivity index (χ0v) is 15.7. The molecule has 9 heteroatoms. The Bertz CT molecular complexity index is 1000. The molecule has 0 spiro atoms. The van der Waals surface area contributed by atoms with Crippen molar-refractivity contribution in [1.82, 2.24) is 0 Å². The fraction of sp³-hybridized carbons (Fsp3) is 0.222. The molecule has 0 bridgehead atoms. The maximum absolute atomic E-state index is 12.8. The molecular weight excluding hydrogens is 370 g/mol. The van der Waals surface area contributed by atoms with E-state index >= 15 is 0 Å². The number of fused-ring (bicyclic) bond motifs is 1. The molecule has 0 fully saturated rings. The summed E-state index contributed by atoms with van der Waals surface area (Å²) in [5.41, 5.74) is 1.20. The zero-order chi connectivity index (χ0) is 19.6.